The van der Waals surface area contributed by atoms with Gasteiger partial charge in [0.1, 0.15) is 0 Å². The maximum absolute atomic E-state index is 11.0. The van der Waals surface area contributed by atoms with Crippen LogP contribution in [0.25, 0.3) is 0 Å². The van der Waals surface area contributed by atoms with Crippen LogP contribution in [0, 0.1) is 0 Å². The predicted octanol–water partition coefficient (Wildman–Crippen LogP) is 2.24. The van der Waals surface area contributed by atoms with Crippen molar-refractivity contribution in [1.82, 2.24) is 0 Å². The first kappa shape index (κ1) is 10.0. The molecule has 9 heavy (non-hydrogen) atoms. The van der Waals surface area contributed by atoms with E-state index in [-0.39, 0.29) is 3.80 Å². The van der Waals surface area contributed by atoms with E-state index in [1.807, 2.05) is 14.8 Å². The van der Waals surface area contributed by atoms with Gasteiger partial charge in [-0.2, -0.15) is 0 Å². The summed E-state index contributed by atoms with van der Waals surface area (Å²) in [6.07, 6.45) is 0. The summed E-state index contributed by atoms with van der Waals surface area (Å²) in [4.78, 5) is 16.2. The van der Waals surface area contributed by atoms with E-state index in [1.165, 1.54) is 0 Å². The molecule has 0 aliphatic carbocycles. The van der Waals surface area contributed by atoms with E-state index in [4.69, 9.17) is 23.2 Å². The molecular weight excluding hydrogens is 266 g/mol. The van der Waals surface area contributed by atoms with Crippen LogP contribution in [0.1, 0.15) is 0 Å². The van der Waals surface area contributed by atoms with Crippen molar-refractivity contribution in [3.63, 3.8) is 0 Å². The van der Waals surface area contributed by atoms with Gasteiger partial charge in [0, 0.05) is 0 Å². The Kier molecular flexibility index (Phi) is 3.84. The molecule has 54 valence electrons. The van der Waals surface area contributed by atoms with Gasteiger partial charge in [0.15, 0.2) is 0 Å². The van der Waals surface area contributed by atoms with Crippen LogP contribution in [0.5, 0.6) is 0 Å². The Labute approximate surface area is 69.6 Å². The van der Waals surface area contributed by atoms with Crippen LogP contribution >= 0.6 is 23.2 Å². The van der Waals surface area contributed by atoms with Gasteiger partial charge in [0.25, 0.3) is 0 Å². The number of carbonyl (C=O) groups is 1. The molecule has 0 aromatic rings. The fourth-order valence-corrected chi connectivity index (χ4v) is 6.59. The molecule has 0 fully saturated rings. The predicted molar refractivity (Wildman–Crippen MR) is 43.8 cm³/mol. The average molecular weight is 276 g/mol. The summed E-state index contributed by atoms with van der Waals surface area (Å²) in [5, 5.41) is 0. The molecule has 0 N–H and O–H groups in total. The summed E-state index contributed by atoms with van der Waals surface area (Å²) in [6, 6.07) is 0. The van der Waals surface area contributed by atoms with E-state index in [2.05, 4.69) is 0 Å². The van der Waals surface area contributed by atoms with Gasteiger partial charge in [0.2, 0.25) is 0 Å². The maximum atomic E-state index is 11.0. The zero-order valence-corrected chi connectivity index (χ0v) is 10.1. The first-order valence-corrected chi connectivity index (χ1v) is 13.5. The summed E-state index contributed by atoms with van der Waals surface area (Å²) in [5.41, 5.74) is 0. The molecule has 0 aromatic heterocycles. The minimum absolute atomic E-state index is 0.0765. The van der Waals surface area contributed by atoms with Gasteiger partial charge < -0.3 is 0 Å². The molecule has 0 bridgehead atoms. The number of alkyl halides is 2. The van der Waals surface area contributed by atoms with Crippen LogP contribution in [0.2, 0.25) is 14.8 Å². The Balaban J connectivity index is 4.06. The molecule has 0 saturated heterocycles. The second-order valence-electron chi connectivity index (χ2n) is 2.91. The summed E-state index contributed by atoms with van der Waals surface area (Å²) in [5.74, 6) is 0. The van der Waals surface area contributed by atoms with E-state index in [0.717, 1.165) is 0 Å². The quantitative estimate of drug-likeness (QED) is 0.558. The molecular formula is C5H10Cl2OSn. The average Bonchev–Trinajstić information content (AvgIpc) is 1.62. The number of hydrogen-bond acceptors (Lipinski definition) is 1. The van der Waals surface area contributed by atoms with Crippen molar-refractivity contribution in [2.75, 3.05) is 0 Å². The standard InChI is InChI=1S/C2HCl2O.3CH3.Sn/c3-2(4)1-5;;;;/h2H;3*1H3;. The third-order valence-electron chi connectivity index (χ3n) is 0.937. The monoisotopic (exact) mass is 276 g/mol. The zero-order valence-electron chi connectivity index (χ0n) is 5.74. The molecule has 1 nitrogen and oxygen atoms in total. The molecule has 0 spiro atoms. The number of rotatable bonds is 2. The van der Waals surface area contributed by atoms with Crippen LogP contribution in [-0.2, 0) is 4.79 Å². The Morgan fingerprint density at radius 3 is 1.67 bits per heavy atom. The molecule has 0 aliphatic rings. The van der Waals surface area contributed by atoms with Crippen molar-refractivity contribution in [3.8, 4) is 0 Å². The third-order valence-corrected chi connectivity index (χ3v) is 7.42. The van der Waals surface area contributed by atoms with Gasteiger partial charge in [-0.1, -0.05) is 0 Å². The van der Waals surface area contributed by atoms with Crippen LogP contribution in [0.15, 0.2) is 0 Å². The first-order valence-electron chi connectivity index (χ1n) is 2.68. The summed E-state index contributed by atoms with van der Waals surface area (Å²) in [6.45, 7) is 0. The van der Waals surface area contributed by atoms with Crippen molar-refractivity contribution < 1.29 is 4.79 Å². The first-order chi connectivity index (χ1) is 3.85. The van der Waals surface area contributed by atoms with E-state index in [9.17, 15) is 4.79 Å². The fourth-order valence-electron chi connectivity index (χ4n) is 0.327. The van der Waals surface area contributed by atoms with Gasteiger partial charge in [-0.25, -0.2) is 0 Å². The van der Waals surface area contributed by atoms with Gasteiger partial charge in [-0.05, 0) is 0 Å². The van der Waals surface area contributed by atoms with Crippen LogP contribution < -0.4 is 0 Å². The number of hydrogen-bond donors (Lipinski definition) is 0. The Bertz CT molecular complexity index is 117. The molecule has 0 atom stereocenters. The molecule has 0 aromatic carbocycles. The topological polar surface area (TPSA) is 17.1 Å². The molecule has 0 amide bonds. The minimum atomic E-state index is -2.39. The Hall–Kier alpha value is 1.05. The van der Waals surface area contributed by atoms with Gasteiger partial charge in [-0.15, -0.1) is 0 Å². The molecule has 0 saturated carbocycles. The van der Waals surface area contributed by atoms with E-state index in [0.29, 0.717) is 0 Å². The van der Waals surface area contributed by atoms with Crippen molar-refractivity contribution >= 4 is 45.4 Å². The zero-order chi connectivity index (χ0) is 7.65. The van der Waals surface area contributed by atoms with Crippen molar-refractivity contribution in [1.29, 1.82) is 0 Å². The molecule has 0 radical (unpaired) electrons. The summed E-state index contributed by atoms with van der Waals surface area (Å²) >= 11 is 8.37. The number of halogens is 2. The van der Waals surface area contributed by atoms with Crippen molar-refractivity contribution in [2.24, 2.45) is 0 Å². The molecule has 0 rings (SSSR count). The second kappa shape index (κ2) is 3.44. The fraction of sp³-hybridized carbons (Fsp3) is 0.800. The van der Waals surface area contributed by atoms with Crippen LogP contribution in [-0.4, -0.2) is 27.0 Å². The molecule has 0 heterocycles. The van der Waals surface area contributed by atoms with E-state index < -0.39 is 23.2 Å². The second-order valence-corrected chi connectivity index (χ2v) is 18.3. The molecule has 0 unspecified atom stereocenters. The Morgan fingerprint density at radius 2 is 1.67 bits per heavy atom. The number of carbonyl (C=O) groups excluding carboxylic acids is 1. The SMILES string of the molecule is [CH3][Sn]([CH3])([CH3])[C](=O)C(Cl)Cl. The van der Waals surface area contributed by atoms with E-state index >= 15 is 0 Å². The van der Waals surface area contributed by atoms with Crippen LogP contribution in [0.3, 0.4) is 0 Å². The van der Waals surface area contributed by atoms with Gasteiger partial charge in [-0.3, -0.25) is 0 Å². The normalized spacial score (nSPS) is 12.2. The van der Waals surface area contributed by atoms with Crippen molar-refractivity contribution in [2.45, 2.75) is 19.7 Å². The van der Waals surface area contributed by atoms with E-state index in [1.54, 1.807) is 0 Å². The van der Waals surface area contributed by atoms with Crippen LogP contribution in [0.4, 0.5) is 0 Å². The molecule has 4 heteroatoms. The van der Waals surface area contributed by atoms with Crippen molar-refractivity contribution in [3.05, 3.63) is 0 Å². The van der Waals surface area contributed by atoms with Gasteiger partial charge in [0.05, 0.1) is 0 Å². The summed E-state index contributed by atoms with van der Waals surface area (Å²) < 4.78 is 0.0765. The molecule has 0 aliphatic heterocycles. The Morgan fingerprint density at radius 1 is 1.33 bits per heavy atom. The third kappa shape index (κ3) is 3.68. The van der Waals surface area contributed by atoms with Gasteiger partial charge >= 0.3 is 69.8 Å². The summed E-state index contributed by atoms with van der Waals surface area (Å²) in [7, 11) is 0.